The van der Waals surface area contributed by atoms with Crippen LogP contribution in [0, 0.1) is 0 Å². The predicted octanol–water partition coefficient (Wildman–Crippen LogP) is -0.132. The van der Waals surface area contributed by atoms with Crippen molar-refractivity contribution < 1.29 is 19.4 Å². The van der Waals surface area contributed by atoms with Gasteiger partial charge < -0.3 is 15.2 Å². The van der Waals surface area contributed by atoms with E-state index in [1.165, 1.54) is 14.0 Å². The Morgan fingerprint density at radius 3 is 2.53 bits per heavy atom. The number of aliphatic hydroxyl groups is 1. The first-order valence-corrected chi connectivity index (χ1v) is 4.98. The van der Waals surface area contributed by atoms with E-state index in [1.807, 2.05) is 0 Å². The lowest BCUT2D eigenvalue weighted by Gasteiger charge is -2.12. The number of hydrogen-bond acceptors (Lipinski definition) is 5. The third-order valence-electron chi connectivity index (χ3n) is 2.13. The number of Topliss-reactive ketones (excluding diaryl/α,β-unsaturated/α-hetero) is 1. The quantitative estimate of drug-likeness (QED) is 0.459. The van der Waals surface area contributed by atoms with E-state index in [1.54, 1.807) is 6.92 Å². The van der Waals surface area contributed by atoms with E-state index in [2.05, 4.69) is 10.1 Å². The summed E-state index contributed by atoms with van der Waals surface area (Å²) in [6.45, 7) is 3.63. The maximum absolute atomic E-state index is 11.0. The first-order valence-electron chi connectivity index (χ1n) is 4.98. The molecule has 0 bridgehead atoms. The fraction of sp³-hybridized carbons (Fsp3) is 0.800. The van der Waals surface area contributed by atoms with Crippen molar-refractivity contribution >= 4 is 11.8 Å². The number of ether oxygens (including phenoxy) is 1. The SMILES string of the molecule is COC(=O)C(C)NCCCC(O)C(C)=O. The molecule has 2 N–H and O–H groups in total. The summed E-state index contributed by atoms with van der Waals surface area (Å²) in [6, 6.07) is -0.357. The maximum atomic E-state index is 11.0. The van der Waals surface area contributed by atoms with Crippen LogP contribution in [0.25, 0.3) is 0 Å². The zero-order chi connectivity index (χ0) is 11.8. The Morgan fingerprint density at radius 2 is 2.07 bits per heavy atom. The van der Waals surface area contributed by atoms with Gasteiger partial charge in [-0.15, -0.1) is 0 Å². The van der Waals surface area contributed by atoms with Crippen molar-refractivity contribution in [1.29, 1.82) is 0 Å². The second-order valence-electron chi connectivity index (χ2n) is 3.47. The van der Waals surface area contributed by atoms with Gasteiger partial charge in [0.15, 0.2) is 5.78 Å². The van der Waals surface area contributed by atoms with Crippen molar-refractivity contribution in [2.24, 2.45) is 0 Å². The second-order valence-corrected chi connectivity index (χ2v) is 3.47. The average Bonchev–Trinajstić information content (AvgIpc) is 2.22. The lowest BCUT2D eigenvalue weighted by Crippen LogP contribution is -2.35. The van der Waals surface area contributed by atoms with Crippen molar-refractivity contribution in [2.75, 3.05) is 13.7 Å². The van der Waals surface area contributed by atoms with Crippen LogP contribution in [0.2, 0.25) is 0 Å². The van der Waals surface area contributed by atoms with Gasteiger partial charge >= 0.3 is 5.97 Å². The van der Waals surface area contributed by atoms with Gasteiger partial charge in [-0.25, -0.2) is 0 Å². The monoisotopic (exact) mass is 217 g/mol. The zero-order valence-electron chi connectivity index (χ0n) is 9.45. The molecule has 88 valence electrons. The molecule has 5 heteroatoms. The van der Waals surface area contributed by atoms with Gasteiger partial charge in [0.2, 0.25) is 0 Å². The van der Waals surface area contributed by atoms with Crippen molar-refractivity contribution in [2.45, 2.75) is 38.8 Å². The number of nitrogens with one attached hydrogen (secondary N) is 1. The first kappa shape index (κ1) is 14.1. The highest BCUT2D eigenvalue weighted by Crippen LogP contribution is 1.97. The molecule has 15 heavy (non-hydrogen) atoms. The highest BCUT2D eigenvalue weighted by atomic mass is 16.5. The Hall–Kier alpha value is -0.940. The molecule has 5 nitrogen and oxygen atoms in total. The molecule has 0 fully saturated rings. The van der Waals surface area contributed by atoms with E-state index >= 15 is 0 Å². The number of carbonyl (C=O) groups is 2. The third kappa shape index (κ3) is 6.19. The van der Waals surface area contributed by atoms with Gasteiger partial charge in [-0.05, 0) is 33.2 Å². The van der Waals surface area contributed by atoms with E-state index in [-0.39, 0.29) is 17.8 Å². The molecule has 0 heterocycles. The van der Waals surface area contributed by atoms with Gasteiger partial charge in [0, 0.05) is 0 Å². The molecular weight excluding hydrogens is 198 g/mol. The predicted molar refractivity (Wildman–Crippen MR) is 55.4 cm³/mol. The standard InChI is InChI=1S/C10H19NO4/c1-7(10(14)15-3)11-6-4-5-9(13)8(2)12/h7,9,11,13H,4-6H2,1-3H3. The molecule has 0 saturated carbocycles. The largest absolute Gasteiger partial charge is 0.468 e. The van der Waals surface area contributed by atoms with Gasteiger partial charge in [-0.1, -0.05) is 0 Å². The molecule has 2 atom stereocenters. The first-order chi connectivity index (χ1) is 6.99. The summed E-state index contributed by atoms with van der Waals surface area (Å²) in [7, 11) is 1.33. The molecule has 0 rings (SSSR count). The summed E-state index contributed by atoms with van der Waals surface area (Å²) in [4.78, 5) is 21.6. The smallest absolute Gasteiger partial charge is 0.322 e. The summed E-state index contributed by atoms with van der Waals surface area (Å²) in [6.07, 6.45) is 0.165. The fourth-order valence-electron chi connectivity index (χ4n) is 1.08. The van der Waals surface area contributed by atoms with Gasteiger partial charge in [-0.3, -0.25) is 9.59 Å². The Bertz CT molecular complexity index is 217. The summed E-state index contributed by atoms with van der Waals surface area (Å²) in [5.41, 5.74) is 0. The van der Waals surface area contributed by atoms with Crippen molar-refractivity contribution in [1.82, 2.24) is 5.32 Å². The van der Waals surface area contributed by atoms with Crippen LogP contribution >= 0.6 is 0 Å². The number of hydrogen-bond donors (Lipinski definition) is 2. The van der Waals surface area contributed by atoms with Crippen LogP contribution in [0.3, 0.4) is 0 Å². The number of aliphatic hydroxyl groups excluding tert-OH is 1. The van der Waals surface area contributed by atoms with E-state index in [9.17, 15) is 14.7 Å². The van der Waals surface area contributed by atoms with Crippen LogP contribution in [0.15, 0.2) is 0 Å². The van der Waals surface area contributed by atoms with Crippen molar-refractivity contribution in [3.8, 4) is 0 Å². The molecule has 0 aromatic rings. The lowest BCUT2D eigenvalue weighted by molar-refractivity contribution is -0.142. The minimum atomic E-state index is -0.889. The van der Waals surface area contributed by atoms with Gasteiger partial charge in [0.25, 0.3) is 0 Å². The fourth-order valence-corrected chi connectivity index (χ4v) is 1.08. The van der Waals surface area contributed by atoms with Crippen LogP contribution in [-0.2, 0) is 14.3 Å². The number of rotatable bonds is 7. The van der Waals surface area contributed by atoms with Gasteiger partial charge in [0.05, 0.1) is 7.11 Å². The zero-order valence-corrected chi connectivity index (χ0v) is 9.45. The Balaban J connectivity index is 3.54. The van der Waals surface area contributed by atoms with Gasteiger partial charge in [-0.2, -0.15) is 0 Å². The van der Waals surface area contributed by atoms with Crippen LogP contribution < -0.4 is 5.32 Å². The molecule has 0 saturated heterocycles. The number of carbonyl (C=O) groups excluding carboxylic acids is 2. The topological polar surface area (TPSA) is 75.6 Å². The van der Waals surface area contributed by atoms with E-state index in [0.717, 1.165) is 0 Å². The number of esters is 1. The normalized spacial score (nSPS) is 14.4. The summed E-state index contributed by atoms with van der Waals surface area (Å²) in [5, 5.41) is 12.1. The van der Waals surface area contributed by atoms with Crippen LogP contribution in [0.5, 0.6) is 0 Å². The van der Waals surface area contributed by atoms with E-state index in [0.29, 0.717) is 19.4 Å². The highest BCUT2D eigenvalue weighted by Gasteiger charge is 2.12. The Labute approximate surface area is 89.8 Å². The molecule has 0 aromatic carbocycles. The molecule has 0 aliphatic carbocycles. The Morgan fingerprint density at radius 1 is 1.47 bits per heavy atom. The summed E-state index contributed by atoms with van der Waals surface area (Å²) < 4.78 is 4.52. The molecule has 0 radical (unpaired) electrons. The van der Waals surface area contributed by atoms with E-state index in [4.69, 9.17) is 0 Å². The molecule has 0 aromatic heterocycles. The number of ketones is 1. The lowest BCUT2D eigenvalue weighted by atomic mass is 10.1. The molecule has 0 spiro atoms. The molecule has 0 aliphatic rings. The Kier molecular flexibility index (Phi) is 6.90. The van der Waals surface area contributed by atoms with E-state index < -0.39 is 6.10 Å². The minimum Gasteiger partial charge on any atom is -0.468 e. The molecular formula is C10H19NO4. The highest BCUT2D eigenvalue weighted by molar-refractivity contribution is 5.80. The third-order valence-corrected chi connectivity index (χ3v) is 2.13. The van der Waals surface area contributed by atoms with Crippen molar-refractivity contribution in [3.05, 3.63) is 0 Å². The van der Waals surface area contributed by atoms with Gasteiger partial charge in [0.1, 0.15) is 12.1 Å². The van der Waals surface area contributed by atoms with Crippen molar-refractivity contribution in [3.63, 3.8) is 0 Å². The molecule has 2 unspecified atom stereocenters. The average molecular weight is 217 g/mol. The summed E-state index contributed by atoms with van der Waals surface area (Å²) >= 11 is 0. The minimum absolute atomic E-state index is 0.226. The van der Waals surface area contributed by atoms with Crippen LogP contribution in [-0.4, -0.2) is 42.7 Å². The maximum Gasteiger partial charge on any atom is 0.322 e. The molecule has 0 amide bonds. The second kappa shape index (κ2) is 7.36. The molecule has 0 aliphatic heterocycles. The summed E-state index contributed by atoms with van der Waals surface area (Å²) in [5.74, 6) is -0.543. The number of methoxy groups -OCH3 is 1. The van der Waals surface area contributed by atoms with Crippen LogP contribution in [0.1, 0.15) is 26.7 Å². The van der Waals surface area contributed by atoms with Crippen LogP contribution in [0.4, 0.5) is 0 Å².